The van der Waals surface area contributed by atoms with Gasteiger partial charge in [-0.05, 0) is 0 Å². The monoisotopic (exact) mass is 168 g/mol. The van der Waals surface area contributed by atoms with Crippen molar-refractivity contribution in [2.24, 2.45) is 0 Å². The van der Waals surface area contributed by atoms with Crippen molar-refractivity contribution in [3.63, 3.8) is 0 Å². The minimum Gasteiger partial charge on any atom is -0.473 e. The second-order valence-corrected chi connectivity index (χ2v) is 1.89. The fraction of sp³-hybridized carbons (Fsp3) is 0.250. The molecular formula is C8H8O4. The lowest BCUT2D eigenvalue weighted by molar-refractivity contribution is -0.165. The van der Waals surface area contributed by atoms with Crippen molar-refractivity contribution in [3.8, 4) is 12.3 Å². The highest BCUT2D eigenvalue weighted by Gasteiger charge is 2.16. The molecule has 12 heavy (non-hydrogen) atoms. The van der Waals surface area contributed by atoms with Crippen LogP contribution in [-0.2, 0) is 14.3 Å². The fourth-order valence-electron chi connectivity index (χ4n) is 0.481. The molecule has 0 bridgehead atoms. The van der Waals surface area contributed by atoms with Crippen LogP contribution in [0.2, 0.25) is 0 Å². The minimum atomic E-state index is -1.65. The second kappa shape index (κ2) is 4.97. The molecule has 0 spiro atoms. The Balaban J connectivity index is 4.04. The smallest absolute Gasteiger partial charge is 0.418 e. The van der Waals surface area contributed by atoms with Gasteiger partial charge in [0.25, 0.3) is 0 Å². The van der Waals surface area contributed by atoms with Gasteiger partial charge in [0.15, 0.2) is 6.10 Å². The Kier molecular flexibility index (Phi) is 4.24. The van der Waals surface area contributed by atoms with Crippen molar-refractivity contribution < 1.29 is 19.4 Å². The number of carbonyl (C=O) groups excluding carboxylic acids is 1. The predicted octanol–water partition coefficient (Wildman–Crippen LogP) is 0.192. The molecule has 0 rings (SSSR count). The lowest BCUT2D eigenvalue weighted by Crippen LogP contribution is -2.22. The zero-order valence-corrected chi connectivity index (χ0v) is 6.32. The number of hydrogen-bond acceptors (Lipinski definition) is 3. The molecule has 0 fully saturated rings. The van der Waals surface area contributed by atoms with Crippen LogP contribution in [0.1, 0.15) is 6.42 Å². The van der Waals surface area contributed by atoms with E-state index in [0.717, 1.165) is 0 Å². The Morgan fingerprint density at radius 3 is 2.67 bits per heavy atom. The van der Waals surface area contributed by atoms with Crippen LogP contribution in [0.25, 0.3) is 0 Å². The third kappa shape index (κ3) is 3.42. The van der Waals surface area contributed by atoms with E-state index in [4.69, 9.17) is 11.5 Å². The van der Waals surface area contributed by atoms with Crippen LogP contribution in [-0.4, -0.2) is 23.1 Å². The Bertz CT molecular complexity index is 236. The molecule has 4 heteroatoms. The summed E-state index contributed by atoms with van der Waals surface area (Å²) in [7, 11) is 0. The van der Waals surface area contributed by atoms with Gasteiger partial charge in [-0.25, -0.2) is 9.59 Å². The summed E-state index contributed by atoms with van der Waals surface area (Å²) in [5, 5.41) is 8.13. The highest BCUT2D eigenvalue weighted by Crippen LogP contribution is 1.97. The number of rotatable bonds is 3. The minimum absolute atomic E-state index is 0.246. The average molecular weight is 168 g/mol. The van der Waals surface area contributed by atoms with Gasteiger partial charge in [-0.15, -0.1) is 13.0 Å². The molecule has 0 amide bonds. The van der Waals surface area contributed by atoms with Crippen LogP contribution >= 0.6 is 0 Å². The second-order valence-electron chi connectivity index (χ2n) is 1.89. The maximum absolute atomic E-state index is 10.4. The summed E-state index contributed by atoms with van der Waals surface area (Å²) in [4.78, 5) is 20.4. The fourth-order valence-corrected chi connectivity index (χ4v) is 0.481. The molecule has 1 N–H and O–H groups in total. The standard InChI is InChI=1S/C8H8O4/c1-3-5-6(4-2)12-8(11)7(9)10/h2-3,6H,1,5H2,(H,9,10). The maximum atomic E-state index is 10.4. The van der Waals surface area contributed by atoms with Gasteiger partial charge in [-0.2, -0.15) is 0 Å². The number of ether oxygens (including phenoxy) is 1. The van der Waals surface area contributed by atoms with Gasteiger partial charge in [0, 0.05) is 6.42 Å². The van der Waals surface area contributed by atoms with Gasteiger partial charge < -0.3 is 9.84 Å². The van der Waals surface area contributed by atoms with Crippen molar-refractivity contribution in [1.29, 1.82) is 0 Å². The van der Waals surface area contributed by atoms with Crippen LogP contribution in [0.3, 0.4) is 0 Å². The Labute approximate surface area is 69.8 Å². The molecule has 0 saturated heterocycles. The molecule has 4 nitrogen and oxygen atoms in total. The SMILES string of the molecule is C#CC(CC=C)OC(=O)C(=O)O. The summed E-state index contributed by atoms with van der Waals surface area (Å²) >= 11 is 0. The summed E-state index contributed by atoms with van der Waals surface area (Å²) in [6.45, 7) is 3.37. The first-order valence-corrected chi connectivity index (χ1v) is 3.12. The molecule has 0 radical (unpaired) electrons. The highest BCUT2D eigenvalue weighted by atomic mass is 16.6. The molecule has 0 heterocycles. The van der Waals surface area contributed by atoms with E-state index < -0.39 is 18.0 Å². The van der Waals surface area contributed by atoms with E-state index in [2.05, 4.69) is 17.2 Å². The van der Waals surface area contributed by atoms with Gasteiger partial charge in [-0.1, -0.05) is 12.0 Å². The lowest BCUT2D eigenvalue weighted by Gasteiger charge is -2.06. The topological polar surface area (TPSA) is 63.6 Å². The van der Waals surface area contributed by atoms with E-state index in [0.29, 0.717) is 0 Å². The van der Waals surface area contributed by atoms with E-state index in [1.54, 1.807) is 0 Å². The maximum Gasteiger partial charge on any atom is 0.418 e. The highest BCUT2D eigenvalue weighted by molar-refractivity contribution is 6.28. The molecular weight excluding hydrogens is 160 g/mol. The van der Waals surface area contributed by atoms with Crippen LogP contribution in [0.15, 0.2) is 12.7 Å². The van der Waals surface area contributed by atoms with E-state index in [1.165, 1.54) is 6.08 Å². The molecule has 0 saturated carbocycles. The number of carboxylic acids is 1. The first-order valence-electron chi connectivity index (χ1n) is 3.12. The van der Waals surface area contributed by atoms with Crippen molar-refractivity contribution in [2.75, 3.05) is 0 Å². The molecule has 0 aromatic carbocycles. The molecule has 1 atom stereocenters. The van der Waals surface area contributed by atoms with E-state index in [1.807, 2.05) is 0 Å². The molecule has 0 aliphatic rings. The number of aliphatic carboxylic acids is 1. The molecule has 0 aliphatic heterocycles. The number of carboxylic acid groups (broad SMARTS) is 1. The molecule has 64 valence electrons. The van der Waals surface area contributed by atoms with Gasteiger partial charge in [0.05, 0.1) is 0 Å². The zero-order valence-electron chi connectivity index (χ0n) is 6.32. The third-order valence-electron chi connectivity index (χ3n) is 0.991. The van der Waals surface area contributed by atoms with Crippen LogP contribution < -0.4 is 0 Å². The molecule has 0 aromatic heterocycles. The molecule has 0 aromatic rings. The Morgan fingerprint density at radius 1 is 1.75 bits per heavy atom. The number of hydrogen-bond donors (Lipinski definition) is 1. The Hall–Kier alpha value is -1.76. The van der Waals surface area contributed by atoms with Crippen molar-refractivity contribution in [3.05, 3.63) is 12.7 Å². The largest absolute Gasteiger partial charge is 0.473 e. The van der Waals surface area contributed by atoms with Crippen molar-refractivity contribution in [1.82, 2.24) is 0 Å². The van der Waals surface area contributed by atoms with Crippen molar-refractivity contribution in [2.45, 2.75) is 12.5 Å². The zero-order chi connectivity index (χ0) is 9.56. The van der Waals surface area contributed by atoms with Gasteiger partial charge >= 0.3 is 11.9 Å². The first kappa shape index (κ1) is 10.2. The van der Waals surface area contributed by atoms with E-state index in [-0.39, 0.29) is 6.42 Å². The van der Waals surface area contributed by atoms with Crippen LogP contribution in [0.5, 0.6) is 0 Å². The lowest BCUT2D eigenvalue weighted by atomic mass is 10.2. The number of esters is 1. The summed E-state index contributed by atoms with van der Waals surface area (Å²) in [6.07, 6.45) is 5.79. The average Bonchev–Trinajstić information content (AvgIpc) is 2.03. The van der Waals surface area contributed by atoms with Crippen molar-refractivity contribution >= 4 is 11.9 Å². The number of carbonyl (C=O) groups is 2. The van der Waals surface area contributed by atoms with E-state index >= 15 is 0 Å². The van der Waals surface area contributed by atoms with Gasteiger partial charge in [0.2, 0.25) is 0 Å². The predicted molar refractivity (Wildman–Crippen MR) is 41.2 cm³/mol. The van der Waals surface area contributed by atoms with Crippen LogP contribution in [0.4, 0.5) is 0 Å². The molecule has 0 aliphatic carbocycles. The summed E-state index contributed by atoms with van der Waals surface area (Å²) < 4.78 is 4.36. The summed E-state index contributed by atoms with van der Waals surface area (Å²) in [5.74, 6) is -0.890. The quantitative estimate of drug-likeness (QED) is 0.283. The van der Waals surface area contributed by atoms with Gasteiger partial charge in [-0.3, -0.25) is 0 Å². The Morgan fingerprint density at radius 2 is 2.33 bits per heavy atom. The number of terminal acetylenes is 1. The van der Waals surface area contributed by atoms with Gasteiger partial charge in [0.1, 0.15) is 0 Å². The summed E-state index contributed by atoms with van der Waals surface area (Å²) in [5.41, 5.74) is 0. The van der Waals surface area contributed by atoms with E-state index in [9.17, 15) is 9.59 Å². The summed E-state index contributed by atoms with van der Waals surface area (Å²) in [6, 6.07) is 0. The first-order chi connectivity index (χ1) is 5.61. The third-order valence-corrected chi connectivity index (χ3v) is 0.991. The van der Waals surface area contributed by atoms with Crippen LogP contribution in [0, 0.1) is 12.3 Å². The molecule has 1 unspecified atom stereocenters. The normalized spacial score (nSPS) is 10.9.